The van der Waals surface area contributed by atoms with Gasteiger partial charge in [-0.3, -0.25) is 0 Å². The molecule has 1 aromatic carbocycles. The van der Waals surface area contributed by atoms with Gasteiger partial charge in [0.05, 0.1) is 0 Å². The van der Waals surface area contributed by atoms with Gasteiger partial charge >= 0.3 is 0 Å². The Kier molecular flexibility index (Phi) is 4.11. The zero-order valence-electron chi connectivity index (χ0n) is 10.1. The molecule has 0 fully saturated rings. The van der Waals surface area contributed by atoms with Crippen molar-refractivity contribution in [3.8, 4) is 5.75 Å². The molecule has 0 amide bonds. The van der Waals surface area contributed by atoms with E-state index in [0.29, 0.717) is 29.4 Å². The fourth-order valence-corrected chi connectivity index (χ4v) is 1.52. The van der Waals surface area contributed by atoms with E-state index in [0.717, 1.165) is 0 Å². The maximum atomic E-state index is 13.7. The molecule has 1 aromatic rings. The van der Waals surface area contributed by atoms with Gasteiger partial charge in [0.15, 0.2) is 0 Å². The summed E-state index contributed by atoms with van der Waals surface area (Å²) in [6, 6.07) is 2.84. The summed E-state index contributed by atoms with van der Waals surface area (Å²) in [5, 5.41) is 9.63. The number of rotatable bonds is 4. The number of halogens is 1. The standard InChI is InChI=1S/C14H19FO/c1-5-11-7-13(15)12(8-14(11)16)6-10(4)9(2)3/h5,7-10,16H,1,6H2,2-4H3. The summed E-state index contributed by atoms with van der Waals surface area (Å²) in [7, 11) is 0. The average molecular weight is 222 g/mol. The molecular formula is C14H19FO. The van der Waals surface area contributed by atoms with Crippen LogP contribution in [0.2, 0.25) is 0 Å². The van der Waals surface area contributed by atoms with Crippen LogP contribution in [0.25, 0.3) is 6.08 Å². The summed E-state index contributed by atoms with van der Waals surface area (Å²) in [4.78, 5) is 0. The first-order valence-electron chi connectivity index (χ1n) is 5.59. The van der Waals surface area contributed by atoms with E-state index in [4.69, 9.17) is 0 Å². The first-order valence-corrected chi connectivity index (χ1v) is 5.59. The van der Waals surface area contributed by atoms with Crippen LogP contribution >= 0.6 is 0 Å². The van der Waals surface area contributed by atoms with Crippen molar-refractivity contribution < 1.29 is 9.50 Å². The molecule has 0 aliphatic heterocycles. The first kappa shape index (κ1) is 12.8. The molecule has 0 aromatic heterocycles. The van der Waals surface area contributed by atoms with Gasteiger partial charge in [-0.05, 0) is 36.0 Å². The predicted molar refractivity (Wildman–Crippen MR) is 65.9 cm³/mol. The second kappa shape index (κ2) is 5.15. The normalized spacial score (nSPS) is 12.8. The van der Waals surface area contributed by atoms with E-state index in [1.54, 1.807) is 0 Å². The van der Waals surface area contributed by atoms with E-state index in [2.05, 4.69) is 27.4 Å². The second-order valence-corrected chi connectivity index (χ2v) is 4.63. The van der Waals surface area contributed by atoms with Crippen LogP contribution in [0.15, 0.2) is 18.7 Å². The Morgan fingerprint density at radius 2 is 2.00 bits per heavy atom. The van der Waals surface area contributed by atoms with Crippen molar-refractivity contribution in [1.82, 2.24) is 0 Å². The van der Waals surface area contributed by atoms with Crippen LogP contribution < -0.4 is 0 Å². The molecule has 2 heteroatoms. The lowest BCUT2D eigenvalue weighted by atomic mass is 9.90. The fourth-order valence-electron chi connectivity index (χ4n) is 1.52. The van der Waals surface area contributed by atoms with E-state index in [-0.39, 0.29) is 11.6 Å². The molecule has 16 heavy (non-hydrogen) atoms. The Balaban J connectivity index is 2.98. The molecule has 1 N–H and O–H groups in total. The quantitative estimate of drug-likeness (QED) is 0.816. The van der Waals surface area contributed by atoms with Gasteiger partial charge < -0.3 is 5.11 Å². The number of aromatic hydroxyl groups is 1. The average Bonchev–Trinajstić information content (AvgIpc) is 2.22. The largest absolute Gasteiger partial charge is 0.507 e. The van der Waals surface area contributed by atoms with Gasteiger partial charge in [0.2, 0.25) is 0 Å². The molecule has 0 radical (unpaired) electrons. The molecule has 1 nitrogen and oxygen atoms in total. The highest BCUT2D eigenvalue weighted by molar-refractivity contribution is 5.56. The zero-order chi connectivity index (χ0) is 12.3. The van der Waals surface area contributed by atoms with Crippen molar-refractivity contribution in [3.05, 3.63) is 35.7 Å². The Labute approximate surface area is 96.6 Å². The van der Waals surface area contributed by atoms with Crippen LogP contribution in [0.3, 0.4) is 0 Å². The minimum Gasteiger partial charge on any atom is -0.507 e. The number of phenols is 1. The third-order valence-electron chi connectivity index (χ3n) is 3.10. The lowest BCUT2D eigenvalue weighted by molar-refractivity contribution is 0.408. The van der Waals surface area contributed by atoms with Gasteiger partial charge in [0, 0.05) is 5.56 Å². The van der Waals surface area contributed by atoms with E-state index in [9.17, 15) is 9.50 Å². The predicted octanol–water partition coefficient (Wildman–Crippen LogP) is 4.01. The highest BCUT2D eigenvalue weighted by Gasteiger charge is 2.13. The van der Waals surface area contributed by atoms with Gasteiger partial charge in [-0.2, -0.15) is 0 Å². The molecule has 88 valence electrons. The molecule has 0 bridgehead atoms. The summed E-state index contributed by atoms with van der Waals surface area (Å²) in [5.74, 6) is 0.728. The van der Waals surface area contributed by atoms with Crippen LogP contribution in [0.4, 0.5) is 4.39 Å². The SMILES string of the molecule is C=Cc1cc(F)c(CC(C)C(C)C)cc1O. The topological polar surface area (TPSA) is 20.2 Å². The Morgan fingerprint density at radius 3 is 2.50 bits per heavy atom. The van der Waals surface area contributed by atoms with Crippen molar-refractivity contribution in [2.24, 2.45) is 11.8 Å². The van der Waals surface area contributed by atoms with Crippen molar-refractivity contribution in [2.75, 3.05) is 0 Å². The molecule has 0 aliphatic rings. The van der Waals surface area contributed by atoms with Crippen LogP contribution in [0.1, 0.15) is 31.9 Å². The molecule has 1 atom stereocenters. The molecule has 0 heterocycles. The summed E-state index contributed by atoms with van der Waals surface area (Å²) in [5.41, 5.74) is 1.02. The number of benzene rings is 1. The number of hydrogen-bond acceptors (Lipinski definition) is 1. The first-order chi connectivity index (χ1) is 7.45. The van der Waals surface area contributed by atoms with E-state index in [1.165, 1.54) is 18.2 Å². The van der Waals surface area contributed by atoms with Crippen molar-refractivity contribution in [3.63, 3.8) is 0 Å². The Morgan fingerprint density at radius 1 is 1.38 bits per heavy atom. The van der Waals surface area contributed by atoms with Crippen LogP contribution in [-0.2, 0) is 6.42 Å². The van der Waals surface area contributed by atoms with Crippen molar-refractivity contribution >= 4 is 6.08 Å². The van der Waals surface area contributed by atoms with Gasteiger partial charge in [0.1, 0.15) is 11.6 Å². The zero-order valence-corrected chi connectivity index (χ0v) is 10.1. The van der Waals surface area contributed by atoms with E-state index < -0.39 is 0 Å². The summed E-state index contributed by atoms with van der Waals surface area (Å²) >= 11 is 0. The second-order valence-electron chi connectivity index (χ2n) is 4.63. The third kappa shape index (κ3) is 2.84. The number of phenolic OH excluding ortho intramolecular Hbond substituents is 1. The highest BCUT2D eigenvalue weighted by atomic mass is 19.1. The molecule has 1 rings (SSSR count). The molecule has 0 aliphatic carbocycles. The molecule has 1 unspecified atom stereocenters. The van der Waals surface area contributed by atoms with E-state index >= 15 is 0 Å². The molecule has 0 saturated heterocycles. The molecule has 0 spiro atoms. The van der Waals surface area contributed by atoms with Gasteiger partial charge in [-0.25, -0.2) is 4.39 Å². The van der Waals surface area contributed by atoms with Gasteiger partial charge in [-0.1, -0.05) is 33.4 Å². The van der Waals surface area contributed by atoms with Crippen LogP contribution in [0, 0.1) is 17.7 Å². The summed E-state index contributed by atoms with van der Waals surface area (Å²) in [6.07, 6.45) is 2.10. The smallest absolute Gasteiger partial charge is 0.127 e. The summed E-state index contributed by atoms with van der Waals surface area (Å²) in [6.45, 7) is 9.83. The van der Waals surface area contributed by atoms with E-state index in [1.807, 2.05) is 0 Å². The minimum atomic E-state index is -0.264. The third-order valence-corrected chi connectivity index (χ3v) is 3.10. The summed E-state index contributed by atoms with van der Waals surface area (Å²) < 4.78 is 13.7. The molecule has 0 saturated carbocycles. The van der Waals surface area contributed by atoms with Crippen molar-refractivity contribution in [2.45, 2.75) is 27.2 Å². The Hall–Kier alpha value is -1.31. The van der Waals surface area contributed by atoms with Crippen LogP contribution in [-0.4, -0.2) is 5.11 Å². The van der Waals surface area contributed by atoms with Crippen LogP contribution in [0.5, 0.6) is 5.75 Å². The number of hydrogen-bond donors (Lipinski definition) is 1. The van der Waals surface area contributed by atoms with Gasteiger partial charge in [-0.15, -0.1) is 0 Å². The maximum absolute atomic E-state index is 13.7. The minimum absolute atomic E-state index is 0.0994. The monoisotopic (exact) mass is 222 g/mol. The van der Waals surface area contributed by atoms with Gasteiger partial charge in [0.25, 0.3) is 0 Å². The lowest BCUT2D eigenvalue weighted by Crippen LogP contribution is -2.08. The maximum Gasteiger partial charge on any atom is 0.127 e. The molecular weight excluding hydrogens is 203 g/mol. The lowest BCUT2D eigenvalue weighted by Gasteiger charge is -2.16. The Bertz CT molecular complexity index is 383. The fraction of sp³-hybridized carbons (Fsp3) is 0.429. The van der Waals surface area contributed by atoms with Crippen molar-refractivity contribution in [1.29, 1.82) is 0 Å². The highest BCUT2D eigenvalue weighted by Crippen LogP contribution is 2.26.